The zero-order valence-corrected chi connectivity index (χ0v) is 17.7. The number of benzene rings is 3. The number of carbonyl (C=O) groups is 1. The fraction of sp³-hybridized carbons (Fsp3) is 0.0833. The molecule has 8 heteroatoms. The molecule has 0 fully saturated rings. The average Bonchev–Trinajstić information content (AvgIpc) is 2.81. The minimum absolute atomic E-state index is 0.138. The van der Waals surface area contributed by atoms with Gasteiger partial charge in [0.1, 0.15) is 11.5 Å². The van der Waals surface area contributed by atoms with E-state index < -0.39 is 0 Å². The van der Waals surface area contributed by atoms with Crippen LogP contribution in [0.4, 0.5) is 5.69 Å². The number of H-pyrrole nitrogens is 1. The largest absolute Gasteiger partial charge is 0.457 e. The predicted molar refractivity (Wildman–Crippen MR) is 124 cm³/mol. The van der Waals surface area contributed by atoms with E-state index in [0.717, 1.165) is 0 Å². The van der Waals surface area contributed by atoms with Crippen molar-refractivity contribution in [2.75, 3.05) is 11.1 Å². The third kappa shape index (κ3) is 5.33. The Balaban J connectivity index is 1.27. The highest BCUT2D eigenvalue weighted by Gasteiger charge is 2.07. The SMILES string of the molecule is N#Cc1ccc(Oc2ccc(NC(=O)CCSc3nc4ccccc4c(=O)[nH]3)cc2)cc1. The van der Waals surface area contributed by atoms with Crippen LogP contribution in [0.5, 0.6) is 11.5 Å². The molecule has 3 aromatic carbocycles. The lowest BCUT2D eigenvalue weighted by Crippen LogP contribution is -2.13. The van der Waals surface area contributed by atoms with Crippen LogP contribution in [-0.2, 0) is 4.79 Å². The highest BCUT2D eigenvalue weighted by Crippen LogP contribution is 2.23. The lowest BCUT2D eigenvalue weighted by molar-refractivity contribution is -0.115. The molecule has 7 nitrogen and oxygen atoms in total. The van der Waals surface area contributed by atoms with E-state index in [1.165, 1.54) is 11.8 Å². The van der Waals surface area contributed by atoms with Crippen molar-refractivity contribution in [3.63, 3.8) is 0 Å². The monoisotopic (exact) mass is 442 g/mol. The molecule has 1 aromatic heterocycles. The summed E-state index contributed by atoms with van der Waals surface area (Å²) >= 11 is 1.33. The maximum Gasteiger partial charge on any atom is 0.259 e. The standard InChI is InChI=1S/C24H18N4O3S/c25-15-16-5-9-18(10-6-16)31-19-11-7-17(8-12-19)26-22(29)13-14-32-24-27-21-4-2-1-3-20(21)23(30)28-24/h1-12H,13-14H2,(H,26,29)(H,27,28,30). The maximum atomic E-state index is 12.2. The number of nitriles is 1. The number of nitrogens with one attached hydrogen (secondary N) is 2. The summed E-state index contributed by atoms with van der Waals surface area (Å²) in [5.74, 6) is 1.58. The van der Waals surface area contributed by atoms with Crippen molar-refractivity contribution >= 4 is 34.3 Å². The number of fused-ring (bicyclic) bond motifs is 1. The Bertz CT molecular complexity index is 1340. The molecule has 0 aliphatic carbocycles. The van der Waals surface area contributed by atoms with Crippen molar-refractivity contribution < 1.29 is 9.53 Å². The first-order chi connectivity index (χ1) is 15.6. The van der Waals surface area contributed by atoms with Gasteiger partial charge in [0.25, 0.3) is 5.56 Å². The Morgan fingerprint density at radius 1 is 1.03 bits per heavy atom. The summed E-state index contributed by atoms with van der Waals surface area (Å²) in [4.78, 5) is 31.5. The van der Waals surface area contributed by atoms with Crippen molar-refractivity contribution in [1.29, 1.82) is 5.26 Å². The number of thioether (sulfide) groups is 1. The summed E-state index contributed by atoms with van der Waals surface area (Å²) in [5, 5.41) is 12.7. The second-order valence-electron chi connectivity index (χ2n) is 6.80. The molecule has 4 rings (SSSR count). The number of ether oxygens (including phenoxy) is 1. The van der Waals surface area contributed by atoms with Gasteiger partial charge in [0.15, 0.2) is 5.16 Å². The molecule has 0 radical (unpaired) electrons. The Labute approximate surface area is 188 Å². The van der Waals surface area contributed by atoms with E-state index in [1.54, 1.807) is 66.7 Å². The first kappa shape index (κ1) is 21.2. The first-order valence-corrected chi connectivity index (χ1v) is 10.8. The van der Waals surface area contributed by atoms with E-state index in [9.17, 15) is 9.59 Å². The van der Waals surface area contributed by atoms with Crippen molar-refractivity contribution in [1.82, 2.24) is 9.97 Å². The fourth-order valence-corrected chi connectivity index (χ4v) is 3.75. The molecule has 32 heavy (non-hydrogen) atoms. The Kier molecular flexibility index (Phi) is 6.49. The molecule has 0 aliphatic rings. The van der Waals surface area contributed by atoms with Gasteiger partial charge in [-0.25, -0.2) is 4.98 Å². The van der Waals surface area contributed by atoms with E-state index in [-0.39, 0.29) is 17.9 Å². The topological polar surface area (TPSA) is 108 Å². The van der Waals surface area contributed by atoms with Crippen LogP contribution in [0.3, 0.4) is 0 Å². The molecule has 4 aromatic rings. The van der Waals surface area contributed by atoms with Gasteiger partial charge in [-0.3, -0.25) is 9.59 Å². The number of hydrogen-bond acceptors (Lipinski definition) is 6. The molecule has 0 bridgehead atoms. The maximum absolute atomic E-state index is 12.2. The number of amides is 1. The van der Waals surface area contributed by atoms with Crippen LogP contribution in [0.1, 0.15) is 12.0 Å². The normalized spacial score (nSPS) is 10.5. The van der Waals surface area contributed by atoms with Gasteiger partial charge in [-0.1, -0.05) is 23.9 Å². The molecule has 0 aliphatic heterocycles. The van der Waals surface area contributed by atoms with Crippen LogP contribution in [-0.4, -0.2) is 21.6 Å². The average molecular weight is 443 g/mol. The Morgan fingerprint density at radius 2 is 1.72 bits per heavy atom. The number of anilines is 1. The van der Waals surface area contributed by atoms with Crippen molar-refractivity contribution in [2.24, 2.45) is 0 Å². The van der Waals surface area contributed by atoms with Crippen LogP contribution >= 0.6 is 11.8 Å². The van der Waals surface area contributed by atoms with Crippen LogP contribution in [0.15, 0.2) is 82.7 Å². The van der Waals surface area contributed by atoms with Crippen molar-refractivity contribution in [3.8, 4) is 17.6 Å². The van der Waals surface area contributed by atoms with Gasteiger partial charge in [-0.15, -0.1) is 0 Å². The molecule has 0 atom stereocenters. The zero-order chi connectivity index (χ0) is 22.3. The van der Waals surface area contributed by atoms with Gasteiger partial charge in [0.2, 0.25) is 5.91 Å². The van der Waals surface area contributed by atoms with Gasteiger partial charge in [-0.2, -0.15) is 5.26 Å². The van der Waals surface area contributed by atoms with E-state index >= 15 is 0 Å². The number of aromatic amines is 1. The second kappa shape index (κ2) is 9.81. The van der Waals surface area contributed by atoms with Gasteiger partial charge < -0.3 is 15.0 Å². The molecular formula is C24H18N4O3S. The summed E-state index contributed by atoms with van der Waals surface area (Å²) < 4.78 is 5.73. The van der Waals surface area contributed by atoms with Gasteiger partial charge in [0.05, 0.1) is 22.5 Å². The molecule has 0 spiro atoms. The molecule has 158 valence electrons. The van der Waals surface area contributed by atoms with E-state index in [0.29, 0.717) is 44.6 Å². The van der Waals surface area contributed by atoms with Gasteiger partial charge in [-0.05, 0) is 60.7 Å². The quantitative estimate of drug-likeness (QED) is 0.317. The lowest BCUT2D eigenvalue weighted by atomic mass is 10.2. The van der Waals surface area contributed by atoms with Crippen LogP contribution < -0.4 is 15.6 Å². The predicted octanol–water partition coefficient (Wildman–Crippen LogP) is 4.71. The molecule has 0 unspecified atom stereocenters. The number of para-hydroxylation sites is 1. The fourth-order valence-electron chi connectivity index (χ4n) is 2.94. The van der Waals surface area contributed by atoms with Crippen molar-refractivity contribution in [2.45, 2.75) is 11.6 Å². The third-order valence-electron chi connectivity index (χ3n) is 4.52. The number of nitrogens with zero attached hydrogens (tertiary/aromatic N) is 2. The third-order valence-corrected chi connectivity index (χ3v) is 5.39. The van der Waals surface area contributed by atoms with Crippen molar-refractivity contribution in [3.05, 3.63) is 88.7 Å². The minimum atomic E-state index is -0.189. The lowest BCUT2D eigenvalue weighted by Gasteiger charge is -2.08. The Hall–Kier alpha value is -4.09. The zero-order valence-electron chi connectivity index (χ0n) is 16.9. The molecule has 0 saturated heterocycles. The molecule has 0 saturated carbocycles. The van der Waals surface area contributed by atoms with Gasteiger partial charge in [0, 0.05) is 17.9 Å². The molecule has 1 amide bonds. The van der Waals surface area contributed by atoms with E-state index in [4.69, 9.17) is 10.00 Å². The highest BCUT2D eigenvalue weighted by molar-refractivity contribution is 7.99. The molecule has 1 heterocycles. The molecular weight excluding hydrogens is 424 g/mol. The second-order valence-corrected chi connectivity index (χ2v) is 7.88. The number of hydrogen-bond donors (Lipinski definition) is 2. The van der Waals surface area contributed by atoms with E-state index in [1.807, 2.05) is 6.07 Å². The smallest absolute Gasteiger partial charge is 0.259 e. The summed E-state index contributed by atoms with van der Waals surface area (Å²) in [6.07, 6.45) is 0.269. The molecule has 2 N–H and O–H groups in total. The summed E-state index contributed by atoms with van der Waals surface area (Å²) in [6, 6.07) is 23.0. The number of aromatic nitrogens is 2. The number of carbonyl (C=O) groups excluding carboxylic acids is 1. The van der Waals surface area contributed by atoms with Crippen LogP contribution in [0, 0.1) is 11.3 Å². The number of rotatable bonds is 7. The summed E-state index contributed by atoms with van der Waals surface area (Å²) in [7, 11) is 0. The van der Waals surface area contributed by atoms with Gasteiger partial charge >= 0.3 is 0 Å². The Morgan fingerprint density at radius 3 is 2.44 bits per heavy atom. The summed E-state index contributed by atoms with van der Waals surface area (Å²) in [5.41, 5.74) is 1.66. The minimum Gasteiger partial charge on any atom is -0.457 e. The highest BCUT2D eigenvalue weighted by atomic mass is 32.2. The van der Waals surface area contributed by atoms with E-state index in [2.05, 4.69) is 21.4 Å². The van der Waals surface area contributed by atoms with Crippen LogP contribution in [0.2, 0.25) is 0 Å². The van der Waals surface area contributed by atoms with Crippen LogP contribution in [0.25, 0.3) is 10.9 Å². The summed E-state index contributed by atoms with van der Waals surface area (Å²) in [6.45, 7) is 0. The first-order valence-electron chi connectivity index (χ1n) is 9.80.